The molecule has 1 aliphatic rings. The zero-order valence-corrected chi connectivity index (χ0v) is 20.3. The molecule has 2 N–H and O–H groups in total. The minimum absolute atomic E-state index is 0.0671. The Morgan fingerprint density at radius 3 is 2.47 bits per heavy atom. The van der Waals surface area contributed by atoms with E-state index in [0.29, 0.717) is 18.8 Å². The summed E-state index contributed by atoms with van der Waals surface area (Å²) in [5.74, 6) is -0.409. The van der Waals surface area contributed by atoms with Gasteiger partial charge in [0.05, 0.1) is 0 Å². The monoisotopic (exact) mass is 515 g/mol. The second-order valence-electron chi connectivity index (χ2n) is 8.12. The van der Waals surface area contributed by atoms with Crippen LogP contribution in [0.5, 0.6) is 0 Å². The van der Waals surface area contributed by atoms with Gasteiger partial charge in [-0.3, -0.25) is 14.5 Å². The third-order valence-electron chi connectivity index (χ3n) is 5.61. The Morgan fingerprint density at radius 2 is 1.74 bits per heavy atom. The number of hydrogen-bond acceptors (Lipinski definition) is 3. The number of nitrogens with two attached hydrogens (primary N) is 1. The van der Waals surface area contributed by atoms with E-state index in [1.165, 1.54) is 11.0 Å². The van der Waals surface area contributed by atoms with Gasteiger partial charge in [-0.2, -0.15) is 0 Å². The highest BCUT2D eigenvalue weighted by molar-refractivity contribution is 9.10. The lowest BCUT2D eigenvalue weighted by molar-refractivity contribution is -0.130. The summed E-state index contributed by atoms with van der Waals surface area (Å²) >= 11 is 3.42. The highest BCUT2D eigenvalue weighted by atomic mass is 79.9. The van der Waals surface area contributed by atoms with Crippen LogP contribution < -0.4 is 10.6 Å². The van der Waals surface area contributed by atoms with Gasteiger partial charge in [-0.25, -0.2) is 0 Å². The Labute approximate surface area is 208 Å². The largest absolute Gasteiger partial charge is 0.336 e. The summed E-state index contributed by atoms with van der Waals surface area (Å²) in [6, 6.07) is 25.1. The number of carbonyl (C=O) groups excluding carboxylic acids is 2. The number of halogens is 1. The van der Waals surface area contributed by atoms with Crippen molar-refractivity contribution in [2.24, 2.45) is 5.73 Å². The zero-order valence-electron chi connectivity index (χ0n) is 18.7. The average Bonchev–Trinajstić information content (AvgIpc) is 2.87. The van der Waals surface area contributed by atoms with Gasteiger partial charge in [-0.15, -0.1) is 0 Å². The number of benzene rings is 3. The topological polar surface area (TPSA) is 66.6 Å². The Balaban J connectivity index is 1.62. The number of nitrogens with zero attached hydrogens (tertiary/aromatic N) is 2. The van der Waals surface area contributed by atoms with Gasteiger partial charge in [-0.1, -0.05) is 82.7 Å². The fraction of sp³-hybridized carbons (Fsp3) is 0.143. The van der Waals surface area contributed by atoms with E-state index in [1.54, 1.807) is 11.0 Å². The lowest BCUT2D eigenvalue weighted by atomic mass is 10.0. The molecule has 4 rings (SSSR count). The Bertz CT molecular complexity index is 1210. The van der Waals surface area contributed by atoms with Crippen molar-refractivity contribution in [1.82, 2.24) is 4.90 Å². The van der Waals surface area contributed by atoms with Crippen molar-refractivity contribution in [1.29, 1.82) is 0 Å². The molecule has 6 heteroatoms. The standard InChI is InChI=1S/C28H26BrN3O2/c29-24-14-11-21(12-15-24)13-16-27(33)32(20-28(34)31-17-5-9-25(30)19-31)26-10-4-8-23(18-26)22-6-2-1-3-7-22/h1-16,18,25H,17,19-20,30H2/b16-13+. The minimum Gasteiger partial charge on any atom is -0.336 e. The molecule has 0 fully saturated rings. The van der Waals surface area contributed by atoms with E-state index < -0.39 is 0 Å². The Hall–Kier alpha value is -3.48. The van der Waals surface area contributed by atoms with Crippen molar-refractivity contribution in [3.63, 3.8) is 0 Å². The van der Waals surface area contributed by atoms with Gasteiger partial charge in [0.2, 0.25) is 5.91 Å². The molecule has 1 unspecified atom stereocenters. The fourth-order valence-electron chi connectivity index (χ4n) is 3.80. The summed E-state index contributed by atoms with van der Waals surface area (Å²) in [6.45, 7) is 0.867. The fourth-order valence-corrected chi connectivity index (χ4v) is 4.07. The van der Waals surface area contributed by atoms with Crippen molar-refractivity contribution in [3.05, 3.63) is 107 Å². The number of hydrogen-bond donors (Lipinski definition) is 1. The SMILES string of the molecule is NC1C=CCN(C(=O)CN(C(=O)/C=C/c2ccc(Br)cc2)c2cccc(-c3ccccc3)c2)C1. The van der Waals surface area contributed by atoms with Crippen LogP contribution in [0.4, 0.5) is 5.69 Å². The molecule has 0 aromatic heterocycles. The van der Waals surface area contributed by atoms with Crippen molar-refractivity contribution < 1.29 is 9.59 Å². The van der Waals surface area contributed by atoms with Gasteiger partial charge < -0.3 is 10.6 Å². The summed E-state index contributed by atoms with van der Waals surface area (Å²) in [7, 11) is 0. The van der Waals surface area contributed by atoms with Gasteiger partial charge in [-0.05, 0) is 47.0 Å². The molecule has 5 nitrogen and oxygen atoms in total. The first-order valence-electron chi connectivity index (χ1n) is 11.1. The maximum atomic E-state index is 13.3. The van der Waals surface area contributed by atoms with Crippen LogP contribution in [0.15, 0.2) is 102 Å². The van der Waals surface area contributed by atoms with Gasteiger partial charge in [0.15, 0.2) is 0 Å². The first-order valence-corrected chi connectivity index (χ1v) is 11.9. The van der Waals surface area contributed by atoms with E-state index in [-0.39, 0.29) is 24.4 Å². The Kier molecular flexibility index (Phi) is 7.72. The van der Waals surface area contributed by atoms with Gasteiger partial charge in [0.25, 0.3) is 5.91 Å². The molecule has 0 radical (unpaired) electrons. The normalized spacial score (nSPS) is 15.5. The van der Waals surface area contributed by atoms with Gasteiger partial charge >= 0.3 is 0 Å². The van der Waals surface area contributed by atoms with E-state index in [9.17, 15) is 9.59 Å². The maximum Gasteiger partial charge on any atom is 0.251 e. The molecule has 0 spiro atoms. The summed E-state index contributed by atoms with van der Waals surface area (Å²) in [4.78, 5) is 29.7. The maximum absolute atomic E-state index is 13.3. The van der Waals surface area contributed by atoms with Crippen molar-refractivity contribution >= 4 is 39.5 Å². The van der Waals surface area contributed by atoms with Crippen LogP contribution >= 0.6 is 15.9 Å². The minimum atomic E-state index is -0.265. The van der Waals surface area contributed by atoms with Crippen LogP contribution in [0.2, 0.25) is 0 Å². The van der Waals surface area contributed by atoms with Crippen LogP contribution in [-0.2, 0) is 9.59 Å². The molecule has 172 valence electrons. The molecule has 0 saturated carbocycles. The summed E-state index contributed by atoms with van der Waals surface area (Å²) in [6.07, 6.45) is 7.05. The second kappa shape index (κ2) is 11.1. The lowest BCUT2D eigenvalue weighted by Gasteiger charge is -2.30. The van der Waals surface area contributed by atoms with Crippen LogP contribution in [0.1, 0.15) is 5.56 Å². The third kappa shape index (κ3) is 6.10. The van der Waals surface area contributed by atoms with Gasteiger partial charge in [0, 0.05) is 35.4 Å². The highest BCUT2D eigenvalue weighted by Gasteiger charge is 2.23. The quantitative estimate of drug-likeness (QED) is 0.375. The first-order chi connectivity index (χ1) is 16.5. The van der Waals surface area contributed by atoms with Crippen molar-refractivity contribution in [2.45, 2.75) is 6.04 Å². The number of amides is 2. The van der Waals surface area contributed by atoms with Crippen molar-refractivity contribution in [2.75, 3.05) is 24.5 Å². The molecule has 34 heavy (non-hydrogen) atoms. The smallest absolute Gasteiger partial charge is 0.251 e. The van der Waals surface area contributed by atoms with Crippen LogP contribution in [0, 0.1) is 0 Å². The van der Waals surface area contributed by atoms with Crippen molar-refractivity contribution in [3.8, 4) is 11.1 Å². The summed E-state index contributed by atoms with van der Waals surface area (Å²) in [5.41, 5.74) is 9.57. The number of anilines is 1. The van der Waals surface area contributed by atoms with Crippen LogP contribution in [-0.4, -0.2) is 42.4 Å². The predicted octanol–water partition coefficient (Wildman–Crippen LogP) is 4.89. The highest BCUT2D eigenvalue weighted by Crippen LogP contribution is 2.25. The Morgan fingerprint density at radius 1 is 1.00 bits per heavy atom. The molecule has 1 heterocycles. The van der Waals surface area contributed by atoms with E-state index >= 15 is 0 Å². The molecule has 0 aliphatic carbocycles. The molecule has 1 aliphatic heterocycles. The molecule has 3 aromatic rings. The molecule has 1 atom stereocenters. The van der Waals surface area contributed by atoms with E-state index in [4.69, 9.17) is 5.73 Å². The first kappa shape index (κ1) is 23.7. The van der Waals surface area contributed by atoms with E-state index in [1.807, 2.05) is 91.0 Å². The molecule has 0 saturated heterocycles. The lowest BCUT2D eigenvalue weighted by Crippen LogP contribution is -2.48. The average molecular weight is 516 g/mol. The molecular weight excluding hydrogens is 490 g/mol. The van der Waals surface area contributed by atoms with Crippen LogP contribution in [0.25, 0.3) is 17.2 Å². The van der Waals surface area contributed by atoms with E-state index in [0.717, 1.165) is 21.2 Å². The van der Waals surface area contributed by atoms with Crippen LogP contribution in [0.3, 0.4) is 0 Å². The second-order valence-corrected chi connectivity index (χ2v) is 9.03. The molecular formula is C28H26BrN3O2. The summed E-state index contributed by atoms with van der Waals surface area (Å²) in [5, 5.41) is 0. The molecule has 3 aromatic carbocycles. The molecule has 0 bridgehead atoms. The zero-order chi connectivity index (χ0) is 23.9. The number of rotatable bonds is 6. The summed E-state index contributed by atoms with van der Waals surface area (Å²) < 4.78 is 0.967. The predicted molar refractivity (Wildman–Crippen MR) is 141 cm³/mol. The van der Waals surface area contributed by atoms with E-state index in [2.05, 4.69) is 15.9 Å². The third-order valence-corrected chi connectivity index (χ3v) is 6.13. The number of carbonyl (C=O) groups is 2. The van der Waals surface area contributed by atoms with Gasteiger partial charge in [0.1, 0.15) is 6.54 Å². The molecule has 2 amide bonds.